The van der Waals surface area contributed by atoms with E-state index in [0.29, 0.717) is 41.3 Å². The van der Waals surface area contributed by atoms with E-state index in [2.05, 4.69) is 30.9 Å². The van der Waals surface area contributed by atoms with Crippen LogP contribution < -0.4 is 4.74 Å². The van der Waals surface area contributed by atoms with Crippen LogP contribution in [-0.4, -0.2) is 28.0 Å². The second-order valence-electron chi connectivity index (χ2n) is 8.73. The lowest BCUT2D eigenvalue weighted by atomic mass is 9.81. The Morgan fingerprint density at radius 2 is 1.74 bits per heavy atom. The number of halogens is 2. The minimum absolute atomic E-state index is 0.0689. The molecule has 1 aliphatic heterocycles. The summed E-state index contributed by atoms with van der Waals surface area (Å²) in [5.41, 5.74) is 0.792. The molecule has 0 unspecified atom stereocenters. The summed E-state index contributed by atoms with van der Waals surface area (Å²) in [6.07, 6.45) is 3.12. The van der Waals surface area contributed by atoms with Crippen LogP contribution in [0.25, 0.3) is 0 Å². The smallest absolute Gasteiger partial charge is 0.216 e. The van der Waals surface area contributed by atoms with Gasteiger partial charge in [-0.1, -0.05) is 44.0 Å². The van der Waals surface area contributed by atoms with Gasteiger partial charge in [-0.2, -0.15) is 5.10 Å². The van der Waals surface area contributed by atoms with Crippen molar-refractivity contribution in [2.24, 2.45) is 11.3 Å². The molecule has 164 valence electrons. The van der Waals surface area contributed by atoms with Crippen LogP contribution in [0, 0.1) is 11.3 Å². The maximum absolute atomic E-state index is 6.70. The lowest BCUT2D eigenvalue weighted by Gasteiger charge is -2.44. The normalized spacial score (nSPS) is 21.8. The largest absolute Gasteiger partial charge is 0.457 e. The van der Waals surface area contributed by atoms with Gasteiger partial charge < -0.3 is 14.2 Å². The van der Waals surface area contributed by atoms with E-state index in [1.165, 1.54) is 6.33 Å². The van der Waals surface area contributed by atoms with Crippen molar-refractivity contribution in [3.8, 4) is 11.5 Å². The van der Waals surface area contributed by atoms with Crippen molar-refractivity contribution in [3.05, 3.63) is 70.7 Å². The van der Waals surface area contributed by atoms with E-state index < -0.39 is 5.79 Å². The zero-order chi connectivity index (χ0) is 22.1. The van der Waals surface area contributed by atoms with Crippen LogP contribution in [0.1, 0.15) is 26.3 Å². The zero-order valence-corrected chi connectivity index (χ0v) is 19.2. The highest BCUT2D eigenvalue weighted by molar-refractivity contribution is 6.31. The van der Waals surface area contributed by atoms with E-state index in [9.17, 15) is 0 Å². The monoisotopic (exact) mass is 461 g/mol. The molecule has 0 amide bonds. The molecule has 0 aliphatic carbocycles. The number of aromatic nitrogens is 3. The van der Waals surface area contributed by atoms with Gasteiger partial charge in [0.2, 0.25) is 5.79 Å². The van der Waals surface area contributed by atoms with E-state index in [-0.39, 0.29) is 11.3 Å². The Bertz CT molecular complexity index is 1010. The standard InChI is InChI=1S/C23H25Cl2N3O3/c1-22(2,3)16-11-29-23(30-12-16,13-28-15-26-14-27-28)20-9-8-19(10-21(20)25)31-18-6-4-17(24)5-7-18/h4-10,14-16H,11-13H2,1-3H3. The highest BCUT2D eigenvalue weighted by atomic mass is 35.5. The summed E-state index contributed by atoms with van der Waals surface area (Å²) in [5, 5.41) is 5.36. The van der Waals surface area contributed by atoms with Crippen molar-refractivity contribution in [1.82, 2.24) is 14.8 Å². The predicted octanol–water partition coefficient (Wildman–Crippen LogP) is 5.94. The van der Waals surface area contributed by atoms with Crippen LogP contribution in [0.2, 0.25) is 10.0 Å². The fourth-order valence-electron chi connectivity index (χ4n) is 3.43. The molecule has 0 radical (unpaired) electrons. The number of hydrogen-bond donors (Lipinski definition) is 0. The molecule has 0 bridgehead atoms. The van der Waals surface area contributed by atoms with Gasteiger partial charge in [-0.25, -0.2) is 9.67 Å². The molecule has 6 nitrogen and oxygen atoms in total. The third-order valence-corrected chi connectivity index (χ3v) is 6.06. The Morgan fingerprint density at radius 1 is 1.06 bits per heavy atom. The molecule has 1 aliphatic rings. The fraction of sp³-hybridized carbons (Fsp3) is 0.391. The van der Waals surface area contributed by atoms with E-state index in [4.69, 9.17) is 37.4 Å². The van der Waals surface area contributed by atoms with Gasteiger partial charge in [0.25, 0.3) is 0 Å². The van der Waals surface area contributed by atoms with Gasteiger partial charge >= 0.3 is 0 Å². The van der Waals surface area contributed by atoms with Crippen molar-refractivity contribution in [2.75, 3.05) is 13.2 Å². The lowest BCUT2D eigenvalue weighted by Crippen LogP contribution is -2.48. The van der Waals surface area contributed by atoms with Crippen molar-refractivity contribution in [2.45, 2.75) is 33.1 Å². The van der Waals surface area contributed by atoms with Crippen molar-refractivity contribution < 1.29 is 14.2 Å². The molecular formula is C23H25Cl2N3O3. The summed E-state index contributed by atoms with van der Waals surface area (Å²) in [6.45, 7) is 8.00. The first-order valence-corrected chi connectivity index (χ1v) is 10.8. The maximum atomic E-state index is 6.70. The predicted molar refractivity (Wildman–Crippen MR) is 120 cm³/mol. The average Bonchev–Trinajstić information content (AvgIpc) is 3.22. The number of nitrogens with zero attached hydrogens (tertiary/aromatic N) is 3. The summed E-state index contributed by atoms with van der Waals surface area (Å²) < 4.78 is 20.3. The molecule has 1 aromatic heterocycles. The second kappa shape index (κ2) is 8.79. The second-order valence-corrected chi connectivity index (χ2v) is 9.57. The van der Waals surface area contributed by atoms with Gasteiger partial charge in [-0.15, -0.1) is 0 Å². The third-order valence-electron chi connectivity index (χ3n) is 5.50. The first kappa shape index (κ1) is 22.1. The van der Waals surface area contributed by atoms with Crippen LogP contribution in [0.15, 0.2) is 55.1 Å². The van der Waals surface area contributed by atoms with Crippen molar-refractivity contribution in [1.29, 1.82) is 0 Å². The Hall–Kier alpha value is -2.12. The van der Waals surface area contributed by atoms with Gasteiger partial charge in [0.15, 0.2) is 0 Å². The van der Waals surface area contributed by atoms with E-state index >= 15 is 0 Å². The average molecular weight is 462 g/mol. The van der Waals surface area contributed by atoms with E-state index in [0.717, 1.165) is 5.56 Å². The Morgan fingerprint density at radius 3 is 2.32 bits per heavy atom. The zero-order valence-electron chi connectivity index (χ0n) is 17.7. The Kier molecular flexibility index (Phi) is 6.26. The van der Waals surface area contributed by atoms with Gasteiger partial charge in [0, 0.05) is 16.5 Å². The van der Waals surface area contributed by atoms with Crippen molar-refractivity contribution >= 4 is 23.2 Å². The molecule has 2 heterocycles. The molecule has 0 saturated carbocycles. The Balaban J connectivity index is 1.61. The minimum atomic E-state index is -1.06. The molecule has 8 heteroatoms. The molecular weight excluding hydrogens is 437 g/mol. The topological polar surface area (TPSA) is 58.4 Å². The van der Waals surface area contributed by atoms with Gasteiger partial charge in [0.05, 0.1) is 18.2 Å². The highest BCUT2D eigenvalue weighted by Gasteiger charge is 2.44. The Labute approximate surface area is 192 Å². The molecule has 1 fully saturated rings. The van der Waals surface area contributed by atoms with Crippen molar-refractivity contribution in [3.63, 3.8) is 0 Å². The summed E-state index contributed by atoms with van der Waals surface area (Å²) in [5.74, 6) is 0.479. The lowest BCUT2D eigenvalue weighted by molar-refractivity contribution is -0.308. The molecule has 3 aromatic rings. The summed E-state index contributed by atoms with van der Waals surface area (Å²) in [6, 6.07) is 12.6. The number of rotatable bonds is 5. The van der Waals surface area contributed by atoms with Gasteiger partial charge in [-0.3, -0.25) is 0 Å². The molecule has 0 atom stereocenters. The first-order chi connectivity index (χ1) is 14.7. The molecule has 1 saturated heterocycles. The molecule has 4 rings (SSSR count). The first-order valence-electron chi connectivity index (χ1n) is 10.1. The molecule has 0 spiro atoms. The van der Waals surface area contributed by atoms with E-state index in [1.54, 1.807) is 41.3 Å². The minimum Gasteiger partial charge on any atom is -0.457 e. The number of ether oxygens (including phenoxy) is 3. The van der Waals surface area contributed by atoms with Crippen LogP contribution in [0.5, 0.6) is 11.5 Å². The van der Waals surface area contributed by atoms with Crippen LogP contribution in [-0.2, 0) is 21.8 Å². The third kappa shape index (κ3) is 5.04. The number of benzene rings is 2. The summed E-state index contributed by atoms with van der Waals surface area (Å²) >= 11 is 12.6. The van der Waals surface area contributed by atoms with Gasteiger partial charge in [-0.05, 0) is 47.9 Å². The number of hydrogen-bond acceptors (Lipinski definition) is 5. The molecule has 0 N–H and O–H groups in total. The summed E-state index contributed by atoms with van der Waals surface area (Å²) in [4.78, 5) is 4.03. The van der Waals surface area contributed by atoms with E-state index in [1.807, 2.05) is 12.1 Å². The maximum Gasteiger partial charge on any atom is 0.216 e. The van der Waals surface area contributed by atoms with Crippen LogP contribution in [0.4, 0.5) is 0 Å². The fourth-order valence-corrected chi connectivity index (χ4v) is 3.87. The highest BCUT2D eigenvalue weighted by Crippen LogP contribution is 2.42. The van der Waals surface area contributed by atoms with Crippen LogP contribution in [0.3, 0.4) is 0 Å². The SMILES string of the molecule is CC(C)(C)C1COC(Cn2cncn2)(c2ccc(Oc3ccc(Cl)cc3)cc2Cl)OC1. The summed E-state index contributed by atoms with van der Waals surface area (Å²) in [7, 11) is 0. The van der Waals surface area contributed by atoms with Gasteiger partial charge in [0.1, 0.15) is 30.7 Å². The molecule has 31 heavy (non-hydrogen) atoms. The molecule has 2 aromatic carbocycles. The quantitative estimate of drug-likeness (QED) is 0.470. The van der Waals surface area contributed by atoms with Crippen LogP contribution >= 0.6 is 23.2 Å².